The minimum absolute atomic E-state index is 0.177. The number of hydrogen-bond acceptors (Lipinski definition) is 3. The monoisotopic (exact) mass is 338 g/mol. The number of carbonyl (C=O) groups is 1. The van der Waals surface area contributed by atoms with Crippen LogP contribution in [0, 0.1) is 16.7 Å². The predicted molar refractivity (Wildman–Crippen MR) is 98.0 cm³/mol. The maximum Gasteiger partial charge on any atom is 0.136 e. The molecule has 0 radical (unpaired) electrons. The fourth-order valence-corrected chi connectivity index (χ4v) is 5.20. The van der Waals surface area contributed by atoms with Crippen molar-refractivity contribution in [3.05, 3.63) is 0 Å². The van der Waals surface area contributed by atoms with Gasteiger partial charge in [0.1, 0.15) is 5.78 Å². The lowest BCUT2D eigenvalue weighted by Crippen LogP contribution is -2.43. The zero-order valence-corrected chi connectivity index (χ0v) is 16.3. The summed E-state index contributed by atoms with van der Waals surface area (Å²) in [5, 5.41) is 10.3. The third-order valence-electron chi connectivity index (χ3n) is 7.69. The van der Waals surface area contributed by atoms with Crippen LogP contribution in [0.15, 0.2) is 0 Å². The highest BCUT2D eigenvalue weighted by molar-refractivity contribution is 5.83. The van der Waals surface area contributed by atoms with Crippen LogP contribution in [0.3, 0.4) is 0 Å². The molecule has 0 aromatic heterocycles. The second kappa shape index (κ2) is 7.86. The summed E-state index contributed by atoms with van der Waals surface area (Å²) in [5.74, 6) is 0.798. The average molecular weight is 339 g/mol. The lowest BCUT2D eigenvalue weighted by Gasteiger charge is -2.46. The first-order chi connectivity index (χ1) is 11.3. The first kappa shape index (κ1) is 19.9. The maximum atomic E-state index is 12.3. The first-order valence-corrected chi connectivity index (χ1v) is 10.1. The van der Waals surface area contributed by atoms with Crippen molar-refractivity contribution in [1.29, 1.82) is 0 Å². The molecule has 2 saturated carbocycles. The van der Waals surface area contributed by atoms with E-state index in [1.54, 1.807) is 0 Å². The summed E-state index contributed by atoms with van der Waals surface area (Å²) in [4.78, 5) is 12.3. The minimum Gasteiger partial charge on any atom is -0.390 e. The Labute approximate surface area is 148 Å². The summed E-state index contributed by atoms with van der Waals surface area (Å²) < 4.78 is 5.90. The van der Waals surface area contributed by atoms with E-state index >= 15 is 0 Å². The van der Waals surface area contributed by atoms with Gasteiger partial charge in [0.25, 0.3) is 0 Å². The highest BCUT2D eigenvalue weighted by Gasteiger charge is 2.57. The summed E-state index contributed by atoms with van der Waals surface area (Å²) >= 11 is 0. The van der Waals surface area contributed by atoms with Crippen molar-refractivity contribution in [2.75, 3.05) is 13.2 Å². The first-order valence-electron chi connectivity index (χ1n) is 10.1. The van der Waals surface area contributed by atoms with Gasteiger partial charge in [-0.3, -0.25) is 4.79 Å². The summed E-state index contributed by atoms with van der Waals surface area (Å²) in [7, 11) is 0. The molecule has 3 atom stereocenters. The smallest absolute Gasteiger partial charge is 0.136 e. The predicted octanol–water partition coefficient (Wildman–Crippen LogP) is 4.90. The van der Waals surface area contributed by atoms with Crippen molar-refractivity contribution in [3.8, 4) is 0 Å². The summed E-state index contributed by atoms with van der Waals surface area (Å²) in [6.45, 7) is 10.3. The number of aliphatic hydroxyl groups is 1. The van der Waals surface area contributed by atoms with Crippen molar-refractivity contribution in [3.63, 3.8) is 0 Å². The van der Waals surface area contributed by atoms with Crippen LogP contribution in [0.2, 0.25) is 0 Å². The maximum absolute atomic E-state index is 12.3. The molecule has 2 aliphatic rings. The Morgan fingerprint density at radius 3 is 2.58 bits per heavy atom. The molecule has 3 nitrogen and oxygen atoms in total. The molecule has 1 N–H and O–H groups in total. The lowest BCUT2D eigenvalue weighted by molar-refractivity contribution is -0.132. The largest absolute Gasteiger partial charge is 0.390 e. The molecule has 2 rings (SSSR count). The summed E-state index contributed by atoms with van der Waals surface area (Å²) in [6.07, 6.45) is 9.72. The van der Waals surface area contributed by atoms with Gasteiger partial charge in [-0.2, -0.15) is 0 Å². The van der Waals surface area contributed by atoms with Gasteiger partial charge in [0.05, 0.1) is 5.60 Å². The minimum atomic E-state index is -0.510. The Bertz CT molecular complexity index is 429. The van der Waals surface area contributed by atoms with Crippen molar-refractivity contribution in [2.45, 2.75) is 97.5 Å². The van der Waals surface area contributed by atoms with Gasteiger partial charge in [-0.25, -0.2) is 0 Å². The molecule has 0 aromatic rings. The fourth-order valence-electron chi connectivity index (χ4n) is 5.20. The molecular weight excluding hydrogens is 300 g/mol. The molecule has 0 saturated heterocycles. The summed E-state index contributed by atoms with van der Waals surface area (Å²) in [5.41, 5.74) is -0.0956. The zero-order valence-electron chi connectivity index (χ0n) is 16.3. The molecule has 0 amide bonds. The fraction of sp³-hybridized carbons (Fsp3) is 0.952. The van der Waals surface area contributed by atoms with E-state index in [9.17, 15) is 9.90 Å². The highest BCUT2D eigenvalue weighted by atomic mass is 16.5. The van der Waals surface area contributed by atoms with Gasteiger partial charge in [-0.05, 0) is 68.6 Å². The Kier molecular flexibility index (Phi) is 6.52. The number of ketones is 1. The van der Waals surface area contributed by atoms with Gasteiger partial charge in [-0.15, -0.1) is 0 Å². The van der Waals surface area contributed by atoms with Crippen LogP contribution < -0.4 is 0 Å². The van der Waals surface area contributed by atoms with Crippen LogP contribution in [0.1, 0.15) is 91.9 Å². The Morgan fingerprint density at radius 1 is 1.21 bits per heavy atom. The van der Waals surface area contributed by atoms with Gasteiger partial charge in [0.2, 0.25) is 0 Å². The van der Waals surface area contributed by atoms with Crippen molar-refractivity contribution < 1.29 is 14.6 Å². The average Bonchev–Trinajstić information content (AvgIpc) is 2.83. The van der Waals surface area contributed by atoms with Gasteiger partial charge in [-0.1, -0.05) is 27.7 Å². The zero-order chi connectivity index (χ0) is 17.8. The molecule has 3 unspecified atom stereocenters. The van der Waals surface area contributed by atoms with Crippen LogP contribution in [0.4, 0.5) is 0 Å². The topological polar surface area (TPSA) is 46.5 Å². The van der Waals surface area contributed by atoms with E-state index in [1.807, 2.05) is 13.8 Å². The number of rotatable bonds is 9. The molecule has 24 heavy (non-hydrogen) atoms. The molecule has 2 fully saturated rings. The van der Waals surface area contributed by atoms with Crippen molar-refractivity contribution in [2.24, 2.45) is 16.7 Å². The third-order valence-corrected chi connectivity index (χ3v) is 7.69. The molecule has 0 aliphatic heterocycles. The molecule has 2 aliphatic carbocycles. The van der Waals surface area contributed by atoms with Crippen LogP contribution in [-0.2, 0) is 9.53 Å². The van der Waals surface area contributed by atoms with Gasteiger partial charge in [0, 0.05) is 25.6 Å². The second-order valence-electron chi connectivity index (χ2n) is 8.79. The number of Topliss-reactive ketones (excluding diaryl/α,β-unsaturated/α-hetero) is 1. The lowest BCUT2D eigenvalue weighted by atomic mass is 9.57. The Hall–Kier alpha value is -0.410. The van der Waals surface area contributed by atoms with Gasteiger partial charge >= 0.3 is 0 Å². The van der Waals surface area contributed by atoms with Crippen LogP contribution in [0.25, 0.3) is 0 Å². The molecule has 3 heteroatoms. The van der Waals surface area contributed by atoms with Gasteiger partial charge in [0.15, 0.2) is 0 Å². The molecule has 0 aromatic carbocycles. The van der Waals surface area contributed by atoms with E-state index < -0.39 is 5.60 Å². The number of carbonyl (C=O) groups excluding carboxylic acids is 1. The van der Waals surface area contributed by atoms with Crippen LogP contribution in [-0.4, -0.2) is 29.7 Å². The van der Waals surface area contributed by atoms with Gasteiger partial charge < -0.3 is 9.84 Å². The molecule has 0 heterocycles. The molecule has 140 valence electrons. The van der Waals surface area contributed by atoms with Crippen molar-refractivity contribution in [1.82, 2.24) is 0 Å². The second-order valence-corrected chi connectivity index (χ2v) is 8.79. The van der Waals surface area contributed by atoms with E-state index in [4.69, 9.17) is 4.74 Å². The molecular formula is C21H38O3. The van der Waals surface area contributed by atoms with E-state index in [0.29, 0.717) is 11.7 Å². The van der Waals surface area contributed by atoms with E-state index in [2.05, 4.69) is 13.8 Å². The third kappa shape index (κ3) is 3.88. The SMILES string of the molecule is CCC(O)(CC)CCCOCCC1(C)CCC2C(=O)CCCC21C. The number of hydrogen-bond donors (Lipinski definition) is 1. The number of ether oxygens (including phenoxy) is 1. The Balaban J connectivity index is 1.75. The number of fused-ring (bicyclic) bond motifs is 1. The van der Waals surface area contributed by atoms with Crippen LogP contribution in [0.5, 0.6) is 0 Å². The molecule has 0 spiro atoms. The van der Waals surface area contributed by atoms with E-state index in [-0.39, 0.29) is 10.8 Å². The molecule has 0 bridgehead atoms. The van der Waals surface area contributed by atoms with E-state index in [1.165, 1.54) is 6.42 Å². The highest BCUT2D eigenvalue weighted by Crippen LogP contribution is 2.62. The quantitative estimate of drug-likeness (QED) is 0.608. The summed E-state index contributed by atoms with van der Waals surface area (Å²) in [6, 6.07) is 0. The van der Waals surface area contributed by atoms with Crippen LogP contribution >= 0.6 is 0 Å². The Morgan fingerprint density at radius 2 is 1.92 bits per heavy atom. The van der Waals surface area contributed by atoms with E-state index in [0.717, 1.165) is 71.0 Å². The van der Waals surface area contributed by atoms with Crippen molar-refractivity contribution >= 4 is 5.78 Å². The normalized spacial score (nSPS) is 33.7. The standard InChI is InChI=1S/C21H38O3/c1-5-21(23,6-2)12-8-15-24-16-14-19(3)13-10-17-18(22)9-7-11-20(17,19)4/h17,23H,5-16H2,1-4H3.